The van der Waals surface area contributed by atoms with Gasteiger partial charge in [-0.2, -0.15) is 0 Å². The van der Waals surface area contributed by atoms with Crippen molar-refractivity contribution < 1.29 is 19.2 Å². The lowest BCUT2D eigenvalue weighted by molar-refractivity contribution is 0.0942. The van der Waals surface area contributed by atoms with Gasteiger partial charge in [0.25, 0.3) is 23.6 Å². The predicted molar refractivity (Wildman–Crippen MR) is 189 cm³/mol. The molecule has 0 fully saturated rings. The van der Waals surface area contributed by atoms with Crippen LogP contribution in [0.3, 0.4) is 0 Å². The van der Waals surface area contributed by atoms with Gasteiger partial charge >= 0.3 is 0 Å². The molecular weight excluding hydrogens is 626 g/mol. The standard InChI is InChI=1S/C34H33N11O4/c35-29(36)7-9-39-32(47)26-15-19-12-21(2-5-24(19)43-26)41-31(46)17-1-4-23-18(11-17)14-28(45-23)34(49)42-22-3-6-25-20(13-22)16-27(44-25)33(48)40-10-8-30(37)38/h1-6,11-16,43-45H,7-10H2,(H3,35,36)(H3,37,38)(H,39,47)(H,40,48)(H,41,46)(H,42,49). The second-order valence-electron chi connectivity index (χ2n) is 11.4. The highest BCUT2D eigenvalue weighted by atomic mass is 16.2. The van der Waals surface area contributed by atoms with Crippen molar-refractivity contribution in [2.45, 2.75) is 12.8 Å². The first-order valence-electron chi connectivity index (χ1n) is 15.3. The average molecular weight is 660 g/mol. The van der Waals surface area contributed by atoms with Gasteiger partial charge in [-0.05, 0) is 72.8 Å². The van der Waals surface area contributed by atoms with E-state index >= 15 is 0 Å². The topological polar surface area (TPSA) is 264 Å². The molecule has 6 aromatic rings. The van der Waals surface area contributed by atoms with Gasteiger partial charge in [-0.1, -0.05) is 0 Å². The van der Waals surface area contributed by atoms with Gasteiger partial charge in [0.05, 0.1) is 11.7 Å². The van der Waals surface area contributed by atoms with Crippen molar-refractivity contribution in [2.75, 3.05) is 23.7 Å². The van der Waals surface area contributed by atoms with Crippen molar-refractivity contribution in [1.29, 1.82) is 10.8 Å². The van der Waals surface area contributed by atoms with Crippen molar-refractivity contribution in [1.82, 2.24) is 25.6 Å². The van der Waals surface area contributed by atoms with E-state index in [1.54, 1.807) is 72.8 Å². The summed E-state index contributed by atoms with van der Waals surface area (Å²) in [6.07, 6.45) is 0.513. The van der Waals surface area contributed by atoms with E-state index in [-0.39, 0.29) is 61.2 Å². The zero-order chi connectivity index (χ0) is 34.7. The van der Waals surface area contributed by atoms with E-state index in [0.717, 1.165) is 16.3 Å². The number of nitrogens with two attached hydrogens (primary N) is 2. The Hall–Kier alpha value is -6.90. The SMILES string of the molecule is N=C(N)CCNC(=O)c1cc2cc(NC(=O)c3ccc4[nH]c(C(=O)Nc5ccc6[nH]c(C(=O)NCCC(=N)N)cc6c5)cc4c3)ccc2[nH]1. The van der Waals surface area contributed by atoms with Crippen LogP contribution in [-0.4, -0.2) is 63.3 Å². The number of amidine groups is 2. The Bertz CT molecular complexity index is 2170. The summed E-state index contributed by atoms with van der Waals surface area (Å²) in [4.78, 5) is 60.3. The minimum atomic E-state index is -0.383. The Balaban J connectivity index is 1.10. The van der Waals surface area contributed by atoms with Crippen LogP contribution < -0.4 is 32.7 Å². The van der Waals surface area contributed by atoms with Gasteiger partial charge in [-0.3, -0.25) is 30.0 Å². The van der Waals surface area contributed by atoms with Crippen LogP contribution in [0, 0.1) is 10.8 Å². The normalized spacial score (nSPS) is 11.0. The molecule has 0 bridgehead atoms. The van der Waals surface area contributed by atoms with Crippen LogP contribution in [0.1, 0.15) is 54.7 Å². The molecule has 0 unspecified atom stereocenters. The number of hydrogen-bond acceptors (Lipinski definition) is 6. The number of carbonyl (C=O) groups excluding carboxylic acids is 4. The van der Waals surface area contributed by atoms with Crippen molar-refractivity contribution in [3.63, 3.8) is 0 Å². The number of anilines is 2. The molecule has 0 aliphatic carbocycles. The zero-order valence-corrected chi connectivity index (χ0v) is 26.0. The van der Waals surface area contributed by atoms with Crippen LogP contribution in [0.4, 0.5) is 11.4 Å². The molecule has 3 heterocycles. The highest BCUT2D eigenvalue weighted by Crippen LogP contribution is 2.24. The summed E-state index contributed by atoms with van der Waals surface area (Å²) < 4.78 is 0. The number of H-pyrrole nitrogens is 3. The molecule has 15 nitrogen and oxygen atoms in total. The van der Waals surface area contributed by atoms with E-state index in [0.29, 0.717) is 50.4 Å². The smallest absolute Gasteiger partial charge is 0.272 e. The number of benzene rings is 3. The summed E-state index contributed by atoms with van der Waals surface area (Å²) in [5, 5.41) is 27.8. The molecule has 0 atom stereocenters. The summed E-state index contributed by atoms with van der Waals surface area (Å²) in [6.45, 7) is 0.503. The first-order valence-corrected chi connectivity index (χ1v) is 15.3. The summed E-state index contributed by atoms with van der Waals surface area (Å²) in [7, 11) is 0. The van der Waals surface area contributed by atoms with Crippen molar-refractivity contribution in [3.8, 4) is 0 Å². The summed E-state index contributed by atoms with van der Waals surface area (Å²) in [5.41, 5.74) is 15.2. The van der Waals surface area contributed by atoms with Crippen LogP contribution in [0.2, 0.25) is 0 Å². The molecule has 15 heteroatoms. The molecule has 0 aliphatic heterocycles. The number of aromatic nitrogens is 3. The van der Waals surface area contributed by atoms with E-state index in [1.807, 2.05) is 0 Å². The molecule has 4 amide bonds. The molecule has 0 radical (unpaired) electrons. The second-order valence-corrected chi connectivity index (χ2v) is 11.4. The quantitative estimate of drug-likeness (QED) is 0.0688. The van der Waals surface area contributed by atoms with Crippen LogP contribution in [0.15, 0.2) is 72.8 Å². The largest absolute Gasteiger partial charge is 0.388 e. The molecule has 0 spiro atoms. The first kappa shape index (κ1) is 32.1. The van der Waals surface area contributed by atoms with E-state index in [1.165, 1.54) is 0 Å². The molecule has 6 rings (SSSR count). The summed E-state index contributed by atoms with van der Waals surface area (Å²) in [6, 6.07) is 20.6. The summed E-state index contributed by atoms with van der Waals surface area (Å²) in [5.74, 6) is -1.40. The molecule has 0 saturated heterocycles. The van der Waals surface area contributed by atoms with Crippen LogP contribution in [0.5, 0.6) is 0 Å². The molecule has 3 aromatic carbocycles. The molecule has 49 heavy (non-hydrogen) atoms. The fraction of sp³-hybridized carbons (Fsp3) is 0.118. The van der Waals surface area contributed by atoms with Gasteiger partial charge in [0.2, 0.25) is 0 Å². The lowest BCUT2D eigenvalue weighted by Gasteiger charge is -2.05. The minimum absolute atomic E-state index is 0.00927. The number of amides is 4. The Morgan fingerprint density at radius 1 is 0.531 bits per heavy atom. The van der Waals surface area contributed by atoms with Gasteiger partial charge < -0.3 is 47.7 Å². The van der Waals surface area contributed by atoms with Gasteiger partial charge in [0.15, 0.2) is 0 Å². The van der Waals surface area contributed by atoms with Gasteiger partial charge in [0, 0.05) is 75.6 Å². The van der Waals surface area contributed by atoms with Crippen molar-refractivity contribution >= 4 is 79.4 Å². The number of hydrogen-bond donors (Lipinski definition) is 11. The molecule has 248 valence electrons. The molecular formula is C34H33N11O4. The Morgan fingerprint density at radius 2 is 0.939 bits per heavy atom. The van der Waals surface area contributed by atoms with Crippen LogP contribution >= 0.6 is 0 Å². The fourth-order valence-electron chi connectivity index (χ4n) is 5.28. The maximum absolute atomic E-state index is 13.2. The minimum Gasteiger partial charge on any atom is -0.388 e. The third-order valence-corrected chi connectivity index (χ3v) is 7.73. The number of aromatic amines is 3. The second kappa shape index (κ2) is 13.4. The number of nitrogens with one attached hydrogen (secondary N) is 9. The Morgan fingerprint density at radius 3 is 1.41 bits per heavy atom. The number of fused-ring (bicyclic) bond motifs is 3. The van der Waals surface area contributed by atoms with Crippen LogP contribution in [0.25, 0.3) is 32.7 Å². The maximum atomic E-state index is 13.2. The molecule has 13 N–H and O–H groups in total. The van der Waals surface area contributed by atoms with Gasteiger partial charge in [-0.15, -0.1) is 0 Å². The van der Waals surface area contributed by atoms with E-state index in [2.05, 4.69) is 36.2 Å². The van der Waals surface area contributed by atoms with Gasteiger partial charge in [0.1, 0.15) is 17.1 Å². The third kappa shape index (κ3) is 7.41. The predicted octanol–water partition coefficient (Wildman–Crippen LogP) is 3.75. The Labute approximate surface area is 278 Å². The third-order valence-electron chi connectivity index (χ3n) is 7.73. The van der Waals surface area contributed by atoms with Crippen molar-refractivity contribution in [3.05, 3.63) is 95.4 Å². The highest BCUT2D eigenvalue weighted by Gasteiger charge is 2.15. The van der Waals surface area contributed by atoms with E-state index in [4.69, 9.17) is 22.3 Å². The van der Waals surface area contributed by atoms with Crippen LogP contribution in [-0.2, 0) is 0 Å². The summed E-state index contributed by atoms with van der Waals surface area (Å²) >= 11 is 0. The van der Waals surface area contributed by atoms with E-state index in [9.17, 15) is 19.2 Å². The zero-order valence-electron chi connectivity index (χ0n) is 26.0. The molecule has 0 aliphatic rings. The molecule has 0 saturated carbocycles. The monoisotopic (exact) mass is 659 g/mol. The van der Waals surface area contributed by atoms with Gasteiger partial charge in [-0.25, -0.2) is 0 Å². The Kier molecular flexibility index (Phi) is 8.80. The fourth-order valence-corrected chi connectivity index (χ4v) is 5.28. The molecule has 3 aromatic heterocycles. The lowest BCUT2D eigenvalue weighted by atomic mass is 10.1. The number of carbonyl (C=O) groups is 4. The van der Waals surface area contributed by atoms with E-state index < -0.39 is 0 Å². The first-order chi connectivity index (χ1) is 23.5. The lowest BCUT2D eigenvalue weighted by Crippen LogP contribution is -2.27. The van der Waals surface area contributed by atoms with Crippen molar-refractivity contribution in [2.24, 2.45) is 11.5 Å². The maximum Gasteiger partial charge on any atom is 0.272 e. The average Bonchev–Trinajstić information content (AvgIpc) is 3.80. The number of rotatable bonds is 12. The highest BCUT2D eigenvalue weighted by molar-refractivity contribution is 6.10.